The number of carbonyl (C=O) groups excluding carboxylic acids is 2. The van der Waals surface area contributed by atoms with Gasteiger partial charge in [0.2, 0.25) is 11.5 Å². The van der Waals surface area contributed by atoms with E-state index in [-0.39, 0.29) is 29.4 Å². The fourth-order valence-corrected chi connectivity index (χ4v) is 3.34. The third-order valence-corrected chi connectivity index (χ3v) is 4.72. The van der Waals surface area contributed by atoms with Gasteiger partial charge in [0.05, 0.1) is 11.4 Å². The number of carbonyl (C=O) groups is 2. The van der Waals surface area contributed by atoms with Gasteiger partial charge < -0.3 is 19.7 Å². The van der Waals surface area contributed by atoms with E-state index in [1.807, 2.05) is 0 Å². The van der Waals surface area contributed by atoms with Gasteiger partial charge in [0.15, 0.2) is 0 Å². The second kappa shape index (κ2) is 8.16. The molecule has 2 amide bonds. The molecule has 1 fully saturated rings. The molecule has 1 aliphatic rings. The Morgan fingerprint density at radius 1 is 1.04 bits per heavy atom. The van der Waals surface area contributed by atoms with Crippen molar-refractivity contribution in [2.45, 2.75) is 52.0 Å². The monoisotopic (exact) mass is 360 g/mol. The molecule has 0 aliphatic heterocycles. The number of hydrogen-bond donors (Lipinski definition) is 2. The highest BCUT2D eigenvalue weighted by Gasteiger charge is 2.27. The number of aryl methyl sites for hydroxylation is 2. The number of nitrogens with one attached hydrogen (secondary N) is 2. The van der Waals surface area contributed by atoms with Crippen LogP contribution in [0.25, 0.3) is 0 Å². The molecule has 2 aromatic rings. The van der Waals surface area contributed by atoms with E-state index in [9.17, 15) is 9.59 Å². The normalized spacial score (nSPS) is 16.2. The van der Waals surface area contributed by atoms with Crippen LogP contribution < -0.4 is 10.6 Å². The van der Waals surface area contributed by atoms with E-state index in [4.69, 9.17) is 9.05 Å². The molecule has 1 unspecified atom stereocenters. The first-order valence-corrected chi connectivity index (χ1v) is 8.98. The van der Waals surface area contributed by atoms with E-state index in [1.54, 1.807) is 26.0 Å². The van der Waals surface area contributed by atoms with Crippen molar-refractivity contribution >= 4 is 11.8 Å². The largest absolute Gasteiger partial charge is 0.351 e. The highest BCUT2D eigenvalue weighted by molar-refractivity contribution is 5.92. The van der Waals surface area contributed by atoms with Crippen molar-refractivity contribution in [2.24, 2.45) is 5.92 Å². The molecule has 0 saturated heterocycles. The van der Waals surface area contributed by atoms with E-state index < -0.39 is 0 Å². The standard InChI is InChI=1S/C18H24N4O4/c1-11-8-15(25-21-11)17(23)19-10-14(13-6-4-3-5-7-13)20-18(24)16-9-12(2)22-26-16/h8-9,13-14H,3-7,10H2,1-2H3,(H,19,23)(H,20,24). The van der Waals surface area contributed by atoms with Gasteiger partial charge in [-0.25, -0.2) is 0 Å². The number of hydrogen-bond acceptors (Lipinski definition) is 6. The maximum atomic E-state index is 12.4. The highest BCUT2D eigenvalue weighted by Crippen LogP contribution is 2.26. The lowest BCUT2D eigenvalue weighted by molar-refractivity contribution is 0.0845. The van der Waals surface area contributed by atoms with E-state index in [1.165, 1.54) is 6.42 Å². The van der Waals surface area contributed by atoms with Crippen molar-refractivity contribution in [1.29, 1.82) is 0 Å². The van der Waals surface area contributed by atoms with Gasteiger partial charge >= 0.3 is 0 Å². The summed E-state index contributed by atoms with van der Waals surface area (Å²) < 4.78 is 10.0. The third kappa shape index (κ3) is 4.50. The molecule has 1 atom stereocenters. The molecule has 1 saturated carbocycles. The minimum absolute atomic E-state index is 0.169. The van der Waals surface area contributed by atoms with Crippen molar-refractivity contribution in [3.8, 4) is 0 Å². The van der Waals surface area contributed by atoms with Gasteiger partial charge in [-0.3, -0.25) is 9.59 Å². The van der Waals surface area contributed by atoms with E-state index in [2.05, 4.69) is 20.9 Å². The zero-order chi connectivity index (χ0) is 18.5. The Hall–Kier alpha value is -2.64. The van der Waals surface area contributed by atoms with E-state index in [0.29, 0.717) is 23.9 Å². The Morgan fingerprint density at radius 2 is 1.62 bits per heavy atom. The zero-order valence-corrected chi connectivity index (χ0v) is 15.1. The van der Waals surface area contributed by atoms with Crippen LogP contribution >= 0.6 is 0 Å². The van der Waals surface area contributed by atoms with Crippen LogP contribution in [0.5, 0.6) is 0 Å². The highest BCUT2D eigenvalue weighted by atomic mass is 16.5. The summed E-state index contributed by atoms with van der Waals surface area (Å²) >= 11 is 0. The number of nitrogens with zero attached hydrogens (tertiary/aromatic N) is 2. The molecule has 140 valence electrons. The average molecular weight is 360 g/mol. The van der Waals surface area contributed by atoms with Crippen LogP contribution in [0.1, 0.15) is 64.6 Å². The molecule has 2 N–H and O–H groups in total. The summed E-state index contributed by atoms with van der Waals surface area (Å²) in [5.74, 6) is 0.0122. The third-order valence-electron chi connectivity index (χ3n) is 4.72. The molecule has 0 spiro atoms. The van der Waals surface area contributed by atoms with Gasteiger partial charge in [0.25, 0.3) is 11.8 Å². The van der Waals surface area contributed by atoms with Gasteiger partial charge in [-0.05, 0) is 32.6 Å². The summed E-state index contributed by atoms with van der Waals surface area (Å²) in [6.45, 7) is 3.84. The zero-order valence-electron chi connectivity index (χ0n) is 15.1. The van der Waals surface area contributed by atoms with Crippen LogP contribution in [0.4, 0.5) is 0 Å². The summed E-state index contributed by atoms with van der Waals surface area (Å²) in [4.78, 5) is 24.7. The summed E-state index contributed by atoms with van der Waals surface area (Å²) in [6, 6.07) is 3.01. The van der Waals surface area contributed by atoms with Gasteiger partial charge in [-0.1, -0.05) is 29.6 Å². The average Bonchev–Trinajstić information content (AvgIpc) is 3.27. The lowest BCUT2D eigenvalue weighted by Crippen LogP contribution is -2.48. The molecule has 1 aliphatic carbocycles. The van der Waals surface area contributed by atoms with Gasteiger partial charge in [-0.15, -0.1) is 0 Å². The molecule has 0 aromatic carbocycles. The molecule has 2 heterocycles. The number of amides is 2. The quantitative estimate of drug-likeness (QED) is 0.818. The minimum Gasteiger partial charge on any atom is -0.351 e. The molecular weight excluding hydrogens is 336 g/mol. The molecule has 0 radical (unpaired) electrons. The number of rotatable bonds is 6. The van der Waals surface area contributed by atoms with Gasteiger partial charge in [0.1, 0.15) is 0 Å². The van der Waals surface area contributed by atoms with Crippen molar-refractivity contribution < 1.29 is 18.6 Å². The molecule has 8 heteroatoms. The molecular formula is C18H24N4O4. The summed E-state index contributed by atoms with van der Waals surface area (Å²) in [6.07, 6.45) is 5.53. The molecule has 8 nitrogen and oxygen atoms in total. The molecule has 3 rings (SSSR count). The minimum atomic E-state index is -0.337. The maximum Gasteiger partial charge on any atom is 0.290 e. The van der Waals surface area contributed by atoms with Crippen LogP contribution in [-0.4, -0.2) is 34.7 Å². The van der Waals surface area contributed by atoms with Crippen LogP contribution in [0, 0.1) is 19.8 Å². The first kappa shape index (κ1) is 18.2. The Bertz CT molecular complexity index is 761. The predicted octanol–water partition coefficient (Wildman–Crippen LogP) is 2.39. The van der Waals surface area contributed by atoms with Crippen molar-refractivity contribution in [3.05, 3.63) is 35.0 Å². The van der Waals surface area contributed by atoms with Crippen LogP contribution in [0.2, 0.25) is 0 Å². The van der Waals surface area contributed by atoms with Crippen LogP contribution in [-0.2, 0) is 0 Å². The lowest BCUT2D eigenvalue weighted by Gasteiger charge is -2.30. The molecule has 2 aromatic heterocycles. The maximum absolute atomic E-state index is 12.4. The predicted molar refractivity (Wildman–Crippen MR) is 92.6 cm³/mol. The second-order valence-electron chi connectivity index (χ2n) is 6.85. The topological polar surface area (TPSA) is 110 Å². The molecule has 26 heavy (non-hydrogen) atoms. The Balaban J connectivity index is 1.64. The van der Waals surface area contributed by atoms with Crippen LogP contribution in [0.15, 0.2) is 21.2 Å². The smallest absolute Gasteiger partial charge is 0.290 e. The summed E-state index contributed by atoms with van der Waals surface area (Å²) in [7, 11) is 0. The summed E-state index contributed by atoms with van der Waals surface area (Å²) in [5.41, 5.74) is 1.30. The van der Waals surface area contributed by atoms with Gasteiger partial charge in [0, 0.05) is 24.7 Å². The first-order valence-electron chi connectivity index (χ1n) is 8.98. The van der Waals surface area contributed by atoms with Crippen molar-refractivity contribution in [3.63, 3.8) is 0 Å². The van der Waals surface area contributed by atoms with E-state index in [0.717, 1.165) is 25.7 Å². The first-order chi connectivity index (χ1) is 12.5. The number of aromatic nitrogens is 2. The Labute approximate surface area is 151 Å². The molecule has 0 bridgehead atoms. The fourth-order valence-electron chi connectivity index (χ4n) is 3.34. The van der Waals surface area contributed by atoms with Crippen molar-refractivity contribution in [2.75, 3.05) is 6.54 Å². The van der Waals surface area contributed by atoms with Crippen molar-refractivity contribution in [1.82, 2.24) is 20.9 Å². The SMILES string of the molecule is Cc1cc(C(=O)NCC(NC(=O)c2cc(C)no2)C2CCCCC2)on1. The second-order valence-corrected chi connectivity index (χ2v) is 6.85. The Morgan fingerprint density at radius 3 is 2.15 bits per heavy atom. The lowest BCUT2D eigenvalue weighted by atomic mass is 9.83. The van der Waals surface area contributed by atoms with E-state index >= 15 is 0 Å². The van der Waals surface area contributed by atoms with Crippen LogP contribution in [0.3, 0.4) is 0 Å². The Kier molecular flexibility index (Phi) is 5.70. The van der Waals surface area contributed by atoms with Gasteiger partial charge in [-0.2, -0.15) is 0 Å². The summed E-state index contributed by atoms with van der Waals surface area (Å²) in [5, 5.41) is 13.3. The fraction of sp³-hybridized carbons (Fsp3) is 0.556.